The van der Waals surface area contributed by atoms with Crippen LogP contribution in [0, 0.1) is 13.8 Å². The van der Waals surface area contributed by atoms with Gasteiger partial charge in [-0.15, -0.1) is 0 Å². The first-order chi connectivity index (χ1) is 15.3. The maximum absolute atomic E-state index is 13.3. The molecule has 0 saturated heterocycles. The molecule has 1 N–H and O–H groups in total. The van der Waals surface area contributed by atoms with Crippen molar-refractivity contribution in [1.82, 2.24) is 5.32 Å². The minimum absolute atomic E-state index is 0.0901. The summed E-state index contributed by atoms with van der Waals surface area (Å²) in [5.74, 6) is 0.260. The number of sulfonamides is 1. The second-order valence-electron chi connectivity index (χ2n) is 7.27. The molecule has 0 atom stereocenters. The first-order valence-corrected chi connectivity index (χ1v) is 11.9. The Balaban J connectivity index is 1.72. The molecule has 0 heterocycles. The molecule has 8 heteroatoms. The van der Waals surface area contributed by atoms with Gasteiger partial charge >= 0.3 is 0 Å². The number of nitrogens with one attached hydrogen (secondary N) is 1. The van der Waals surface area contributed by atoms with Crippen LogP contribution in [0.1, 0.15) is 11.1 Å². The van der Waals surface area contributed by atoms with Gasteiger partial charge < -0.3 is 10.1 Å². The van der Waals surface area contributed by atoms with E-state index >= 15 is 0 Å². The molecule has 0 fully saturated rings. The van der Waals surface area contributed by atoms with E-state index in [1.807, 2.05) is 38.1 Å². The zero-order valence-corrected chi connectivity index (χ0v) is 19.5. The normalized spacial score (nSPS) is 11.1. The molecule has 0 bridgehead atoms. The number of nitrogens with zero attached hydrogens (tertiary/aromatic N) is 1. The summed E-state index contributed by atoms with van der Waals surface area (Å²) in [6.07, 6.45) is 0. The lowest BCUT2D eigenvalue weighted by Crippen LogP contribution is -2.42. The fourth-order valence-corrected chi connectivity index (χ4v) is 4.63. The summed E-state index contributed by atoms with van der Waals surface area (Å²) in [7, 11) is -3.97. The van der Waals surface area contributed by atoms with E-state index in [1.54, 1.807) is 36.4 Å². The van der Waals surface area contributed by atoms with Crippen LogP contribution >= 0.6 is 11.6 Å². The Morgan fingerprint density at radius 2 is 1.75 bits per heavy atom. The molecule has 0 aliphatic heterocycles. The average molecular weight is 473 g/mol. The van der Waals surface area contributed by atoms with Crippen molar-refractivity contribution >= 4 is 33.2 Å². The molecule has 168 valence electrons. The SMILES string of the molecule is Cc1cccc(OCCNC(=O)CN(c2ccc(C)c(Cl)c2)S(=O)(=O)c2ccccc2)c1. The van der Waals surface area contributed by atoms with Gasteiger partial charge in [-0.1, -0.05) is 48.0 Å². The minimum Gasteiger partial charge on any atom is -0.492 e. The molecule has 3 rings (SSSR count). The number of halogens is 1. The molecule has 0 radical (unpaired) electrons. The highest BCUT2D eigenvalue weighted by Gasteiger charge is 2.27. The third kappa shape index (κ3) is 6.02. The van der Waals surface area contributed by atoms with Gasteiger partial charge in [-0.2, -0.15) is 0 Å². The first kappa shape index (κ1) is 23.6. The Labute approximate surface area is 193 Å². The van der Waals surface area contributed by atoms with Crippen LogP contribution in [0.4, 0.5) is 5.69 Å². The van der Waals surface area contributed by atoms with Crippen molar-refractivity contribution in [3.63, 3.8) is 0 Å². The molecule has 0 spiro atoms. The summed E-state index contributed by atoms with van der Waals surface area (Å²) < 4.78 is 33.3. The Morgan fingerprint density at radius 1 is 1.00 bits per heavy atom. The van der Waals surface area contributed by atoms with Gasteiger partial charge in [0.05, 0.1) is 17.1 Å². The number of ether oxygens (including phenoxy) is 1. The van der Waals surface area contributed by atoms with Crippen LogP contribution in [-0.4, -0.2) is 34.0 Å². The number of amides is 1. The van der Waals surface area contributed by atoms with Gasteiger partial charge in [0.15, 0.2) is 0 Å². The van der Waals surface area contributed by atoms with Gasteiger partial charge in [0.1, 0.15) is 18.9 Å². The summed E-state index contributed by atoms with van der Waals surface area (Å²) >= 11 is 6.22. The molecule has 0 saturated carbocycles. The van der Waals surface area contributed by atoms with Crippen LogP contribution in [0.15, 0.2) is 77.7 Å². The Bertz CT molecular complexity index is 1180. The van der Waals surface area contributed by atoms with Gasteiger partial charge in [0, 0.05) is 5.02 Å². The average Bonchev–Trinajstić information content (AvgIpc) is 2.77. The lowest BCUT2D eigenvalue weighted by atomic mass is 10.2. The summed E-state index contributed by atoms with van der Waals surface area (Å²) in [4.78, 5) is 12.7. The minimum atomic E-state index is -3.97. The number of anilines is 1. The van der Waals surface area contributed by atoms with E-state index in [-0.39, 0.29) is 24.6 Å². The van der Waals surface area contributed by atoms with E-state index in [0.29, 0.717) is 16.5 Å². The number of aryl methyl sites for hydroxylation is 2. The van der Waals surface area contributed by atoms with Crippen molar-refractivity contribution in [3.8, 4) is 5.75 Å². The van der Waals surface area contributed by atoms with Gasteiger partial charge in [-0.05, 0) is 61.4 Å². The van der Waals surface area contributed by atoms with E-state index in [0.717, 1.165) is 15.4 Å². The summed E-state index contributed by atoms with van der Waals surface area (Å²) in [6, 6.07) is 20.5. The largest absolute Gasteiger partial charge is 0.492 e. The predicted octanol–water partition coefficient (Wildman–Crippen LogP) is 4.35. The molecule has 0 aromatic heterocycles. The lowest BCUT2D eigenvalue weighted by molar-refractivity contribution is -0.119. The second-order valence-corrected chi connectivity index (χ2v) is 9.54. The highest BCUT2D eigenvalue weighted by Crippen LogP contribution is 2.27. The van der Waals surface area contributed by atoms with Crippen LogP contribution in [0.5, 0.6) is 5.75 Å². The Hall–Kier alpha value is -3.03. The van der Waals surface area contributed by atoms with Crippen molar-refractivity contribution in [2.45, 2.75) is 18.7 Å². The quantitative estimate of drug-likeness (QED) is 0.470. The van der Waals surface area contributed by atoms with Crippen molar-refractivity contribution in [2.24, 2.45) is 0 Å². The fraction of sp³-hybridized carbons (Fsp3) is 0.208. The van der Waals surface area contributed by atoms with Crippen LogP contribution < -0.4 is 14.4 Å². The van der Waals surface area contributed by atoms with Crippen LogP contribution in [0.3, 0.4) is 0 Å². The number of benzene rings is 3. The van der Waals surface area contributed by atoms with Crippen molar-refractivity contribution in [1.29, 1.82) is 0 Å². The number of rotatable bonds is 9. The van der Waals surface area contributed by atoms with E-state index in [1.165, 1.54) is 12.1 Å². The molecular formula is C24H25ClN2O4S. The Kier molecular flexibility index (Phi) is 7.77. The van der Waals surface area contributed by atoms with Gasteiger partial charge in [-0.3, -0.25) is 9.10 Å². The van der Waals surface area contributed by atoms with Crippen molar-refractivity contribution in [2.75, 3.05) is 24.0 Å². The summed E-state index contributed by atoms with van der Waals surface area (Å²) in [5, 5.41) is 3.13. The van der Waals surface area contributed by atoms with Gasteiger partial charge in [0.2, 0.25) is 5.91 Å². The maximum atomic E-state index is 13.3. The predicted molar refractivity (Wildman–Crippen MR) is 127 cm³/mol. The third-order valence-electron chi connectivity index (χ3n) is 4.74. The molecule has 3 aromatic rings. The first-order valence-electron chi connectivity index (χ1n) is 10.1. The summed E-state index contributed by atoms with van der Waals surface area (Å²) in [5.41, 5.74) is 2.20. The number of carbonyl (C=O) groups excluding carboxylic acids is 1. The molecule has 0 aliphatic carbocycles. The van der Waals surface area contributed by atoms with Crippen molar-refractivity contribution in [3.05, 3.63) is 88.9 Å². The van der Waals surface area contributed by atoms with E-state index < -0.39 is 15.9 Å². The second kappa shape index (κ2) is 10.5. The van der Waals surface area contributed by atoms with E-state index in [9.17, 15) is 13.2 Å². The monoisotopic (exact) mass is 472 g/mol. The van der Waals surface area contributed by atoms with Crippen molar-refractivity contribution < 1.29 is 17.9 Å². The van der Waals surface area contributed by atoms with Crippen LogP contribution in [-0.2, 0) is 14.8 Å². The molecule has 32 heavy (non-hydrogen) atoms. The molecule has 1 amide bonds. The fourth-order valence-electron chi connectivity index (χ4n) is 3.02. The Morgan fingerprint density at radius 3 is 2.44 bits per heavy atom. The molecule has 0 unspecified atom stereocenters. The lowest BCUT2D eigenvalue weighted by Gasteiger charge is -2.24. The molecule has 0 aliphatic rings. The highest BCUT2D eigenvalue weighted by atomic mass is 35.5. The standard InChI is InChI=1S/C24H25ClN2O4S/c1-18-7-6-8-21(15-18)31-14-13-26-24(28)17-27(20-12-11-19(2)23(25)16-20)32(29,30)22-9-4-3-5-10-22/h3-12,15-16H,13-14,17H2,1-2H3,(H,26,28). The third-order valence-corrected chi connectivity index (χ3v) is 6.94. The molecule has 3 aromatic carbocycles. The smallest absolute Gasteiger partial charge is 0.264 e. The van der Waals surface area contributed by atoms with E-state index in [4.69, 9.17) is 16.3 Å². The zero-order valence-electron chi connectivity index (χ0n) is 17.9. The number of hydrogen-bond acceptors (Lipinski definition) is 4. The zero-order chi connectivity index (χ0) is 23.1. The number of hydrogen-bond donors (Lipinski definition) is 1. The summed E-state index contributed by atoms with van der Waals surface area (Å²) in [6.45, 7) is 3.90. The van der Waals surface area contributed by atoms with Crippen LogP contribution in [0.2, 0.25) is 5.02 Å². The molecular weight excluding hydrogens is 448 g/mol. The van der Waals surface area contributed by atoms with E-state index in [2.05, 4.69) is 5.32 Å². The van der Waals surface area contributed by atoms with Gasteiger partial charge in [-0.25, -0.2) is 8.42 Å². The maximum Gasteiger partial charge on any atom is 0.264 e. The topological polar surface area (TPSA) is 75.7 Å². The van der Waals surface area contributed by atoms with Gasteiger partial charge in [0.25, 0.3) is 10.0 Å². The highest BCUT2D eigenvalue weighted by molar-refractivity contribution is 7.92. The molecule has 6 nitrogen and oxygen atoms in total. The number of carbonyl (C=O) groups is 1. The van der Waals surface area contributed by atoms with Crippen LogP contribution in [0.25, 0.3) is 0 Å².